The Labute approximate surface area is 77.1 Å². The molecule has 13 heavy (non-hydrogen) atoms. The summed E-state index contributed by atoms with van der Waals surface area (Å²) in [6, 6.07) is 0. The minimum absolute atomic E-state index is 0.580. The molecule has 1 fully saturated rings. The number of aryl methyl sites for hydroxylation is 1. The summed E-state index contributed by atoms with van der Waals surface area (Å²) in [7, 11) is 0. The Kier molecular flexibility index (Phi) is 2.54. The van der Waals surface area contributed by atoms with Crippen LogP contribution < -0.4 is 0 Å². The molecule has 0 aliphatic carbocycles. The predicted molar refractivity (Wildman–Crippen MR) is 46.1 cm³/mol. The molecule has 72 valence electrons. The van der Waals surface area contributed by atoms with Crippen molar-refractivity contribution in [2.24, 2.45) is 5.92 Å². The topological polar surface area (TPSA) is 52.8 Å². The molecule has 1 aliphatic rings. The first-order valence-corrected chi connectivity index (χ1v) is 4.67. The van der Waals surface area contributed by atoms with Gasteiger partial charge in [-0.3, -0.25) is 0 Å². The van der Waals surface area contributed by atoms with Crippen LogP contribution in [0.15, 0.2) is 0 Å². The molecule has 1 unspecified atom stereocenters. The summed E-state index contributed by atoms with van der Waals surface area (Å²) >= 11 is 0. The van der Waals surface area contributed by atoms with Crippen LogP contribution in [0.2, 0.25) is 0 Å². The van der Waals surface area contributed by atoms with Crippen molar-refractivity contribution in [1.29, 1.82) is 0 Å². The lowest BCUT2D eigenvalue weighted by Gasteiger charge is -2.21. The first-order valence-electron chi connectivity index (χ1n) is 4.67. The van der Waals surface area contributed by atoms with E-state index in [2.05, 4.69) is 15.5 Å². The third kappa shape index (κ3) is 2.03. The molecule has 0 spiro atoms. The first kappa shape index (κ1) is 8.62. The first-order chi connectivity index (χ1) is 6.36. The van der Waals surface area contributed by atoms with Crippen molar-refractivity contribution in [3.05, 3.63) is 5.82 Å². The predicted octanol–water partition coefficient (Wildman–Crippen LogP) is 0.408. The largest absolute Gasteiger partial charge is 0.381 e. The second-order valence-electron chi connectivity index (χ2n) is 3.49. The maximum atomic E-state index is 5.39. The van der Waals surface area contributed by atoms with Crippen LogP contribution in [0.3, 0.4) is 0 Å². The van der Waals surface area contributed by atoms with Gasteiger partial charge in [0, 0.05) is 19.1 Å². The van der Waals surface area contributed by atoms with E-state index in [1.54, 1.807) is 0 Å². The molecule has 5 nitrogen and oxygen atoms in total. The lowest BCUT2D eigenvalue weighted by molar-refractivity contribution is 0.0465. The molecule has 1 saturated heterocycles. The van der Waals surface area contributed by atoms with Gasteiger partial charge in [0.15, 0.2) is 0 Å². The molecule has 0 saturated carbocycles. The van der Waals surface area contributed by atoms with Crippen molar-refractivity contribution < 1.29 is 4.74 Å². The summed E-state index contributed by atoms with van der Waals surface area (Å²) in [6.45, 7) is 4.56. The highest BCUT2D eigenvalue weighted by Gasteiger charge is 2.15. The SMILES string of the molecule is Cc1nnnn1CC1CCCOC1. The van der Waals surface area contributed by atoms with Gasteiger partial charge in [0.25, 0.3) is 0 Å². The molecule has 1 atom stereocenters. The number of hydrogen-bond donors (Lipinski definition) is 0. The Morgan fingerprint density at radius 2 is 2.54 bits per heavy atom. The molecular formula is C8H14N4O. The second-order valence-corrected chi connectivity index (χ2v) is 3.49. The van der Waals surface area contributed by atoms with Gasteiger partial charge in [0.05, 0.1) is 6.61 Å². The molecule has 1 aromatic heterocycles. The number of hydrogen-bond acceptors (Lipinski definition) is 4. The minimum atomic E-state index is 0.580. The van der Waals surface area contributed by atoms with Gasteiger partial charge >= 0.3 is 0 Å². The van der Waals surface area contributed by atoms with Gasteiger partial charge in [0.2, 0.25) is 0 Å². The molecule has 1 aliphatic heterocycles. The van der Waals surface area contributed by atoms with E-state index in [9.17, 15) is 0 Å². The monoisotopic (exact) mass is 182 g/mol. The minimum Gasteiger partial charge on any atom is -0.381 e. The van der Waals surface area contributed by atoms with E-state index in [1.165, 1.54) is 6.42 Å². The van der Waals surface area contributed by atoms with E-state index in [-0.39, 0.29) is 0 Å². The zero-order valence-corrected chi connectivity index (χ0v) is 7.81. The highest BCUT2D eigenvalue weighted by molar-refractivity contribution is 4.75. The fraction of sp³-hybridized carbons (Fsp3) is 0.875. The van der Waals surface area contributed by atoms with Gasteiger partial charge in [-0.1, -0.05) is 0 Å². The average Bonchev–Trinajstić information content (AvgIpc) is 2.54. The van der Waals surface area contributed by atoms with Crippen LogP contribution in [-0.4, -0.2) is 33.4 Å². The summed E-state index contributed by atoms with van der Waals surface area (Å²) in [5, 5.41) is 11.4. The van der Waals surface area contributed by atoms with E-state index < -0.39 is 0 Å². The molecule has 2 heterocycles. The Morgan fingerprint density at radius 1 is 1.62 bits per heavy atom. The Morgan fingerprint density at radius 3 is 3.15 bits per heavy atom. The third-order valence-electron chi connectivity index (χ3n) is 2.40. The maximum absolute atomic E-state index is 5.39. The highest BCUT2D eigenvalue weighted by atomic mass is 16.5. The van der Waals surface area contributed by atoms with Crippen molar-refractivity contribution in [2.75, 3.05) is 13.2 Å². The standard InChI is InChI=1S/C8H14N4O/c1-7-9-10-11-12(7)5-8-3-2-4-13-6-8/h8H,2-6H2,1H3. The van der Waals surface area contributed by atoms with Crippen molar-refractivity contribution in [1.82, 2.24) is 20.2 Å². The summed E-state index contributed by atoms with van der Waals surface area (Å²) in [6.07, 6.45) is 2.38. The summed E-state index contributed by atoms with van der Waals surface area (Å²) in [5.41, 5.74) is 0. The molecule has 0 radical (unpaired) electrons. The third-order valence-corrected chi connectivity index (χ3v) is 2.40. The number of aromatic nitrogens is 4. The quantitative estimate of drug-likeness (QED) is 0.664. The lowest BCUT2D eigenvalue weighted by atomic mass is 10.0. The van der Waals surface area contributed by atoms with E-state index in [0.29, 0.717) is 5.92 Å². The smallest absolute Gasteiger partial charge is 0.148 e. The molecular weight excluding hydrogens is 168 g/mol. The van der Waals surface area contributed by atoms with Crippen LogP contribution in [0.5, 0.6) is 0 Å². The lowest BCUT2D eigenvalue weighted by Crippen LogP contribution is -2.23. The van der Waals surface area contributed by atoms with Gasteiger partial charge in [-0.25, -0.2) is 4.68 Å². The fourth-order valence-corrected chi connectivity index (χ4v) is 1.61. The molecule has 0 aromatic carbocycles. The van der Waals surface area contributed by atoms with Crippen LogP contribution in [0, 0.1) is 12.8 Å². The zero-order chi connectivity index (χ0) is 9.10. The van der Waals surface area contributed by atoms with Crippen LogP contribution in [-0.2, 0) is 11.3 Å². The van der Waals surface area contributed by atoms with E-state index in [4.69, 9.17) is 4.74 Å². The zero-order valence-electron chi connectivity index (χ0n) is 7.81. The van der Waals surface area contributed by atoms with Gasteiger partial charge in [-0.15, -0.1) is 5.10 Å². The molecule has 0 amide bonds. The molecule has 1 aromatic rings. The number of tetrazole rings is 1. The van der Waals surface area contributed by atoms with Gasteiger partial charge in [-0.05, 0) is 30.2 Å². The number of ether oxygens (including phenoxy) is 1. The summed E-state index contributed by atoms with van der Waals surface area (Å²) in [5.74, 6) is 1.46. The fourth-order valence-electron chi connectivity index (χ4n) is 1.61. The van der Waals surface area contributed by atoms with Gasteiger partial charge < -0.3 is 4.74 Å². The normalized spacial score (nSPS) is 23.3. The number of rotatable bonds is 2. The van der Waals surface area contributed by atoms with Crippen molar-refractivity contribution in [3.63, 3.8) is 0 Å². The van der Waals surface area contributed by atoms with Crippen molar-refractivity contribution in [3.8, 4) is 0 Å². The van der Waals surface area contributed by atoms with Crippen molar-refractivity contribution in [2.45, 2.75) is 26.3 Å². The van der Waals surface area contributed by atoms with Crippen LogP contribution in [0.25, 0.3) is 0 Å². The van der Waals surface area contributed by atoms with E-state index >= 15 is 0 Å². The molecule has 0 N–H and O–H groups in total. The highest BCUT2D eigenvalue weighted by Crippen LogP contribution is 2.15. The number of nitrogens with zero attached hydrogens (tertiary/aromatic N) is 4. The Bertz CT molecular complexity index is 267. The second kappa shape index (κ2) is 3.83. The average molecular weight is 182 g/mol. The van der Waals surface area contributed by atoms with Crippen LogP contribution >= 0.6 is 0 Å². The van der Waals surface area contributed by atoms with Crippen molar-refractivity contribution >= 4 is 0 Å². The molecule has 0 bridgehead atoms. The molecule has 2 rings (SSSR count). The summed E-state index contributed by atoms with van der Waals surface area (Å²) in [4.78, 5) is 0. The Hall–Kier alpha value is -0.970. The Balaban J connectivity index is 1.93. The van der Waals surface area contributed by atoms with Crippen LogP contribution in [0.1, 0.15) is 18.7 Å². The van der Waals surface area contributed by atoms with E-state index in [0.717, 1.165) is 32.0 Å². The van der Waals surface area contributed by atoms with Crippen LogP contribution in [0.4, 0.5) is 0 Å². The van der Waals surface area contributed by atoms with E-state index in [1.807, 2.05) is 11.6 Å². The van der Waals surface area contributed by atoms with Gasteiger partial charge in [0.1, 0.15) is 5.82 Å². The maximum Gasteiger partial charge on any atom is 0.148 e. The molecule has 5 heteroatoms. The summed E-state index contributed by atoms with van der Waals surface area (Å²) < 4.78 is 7.24. The van der Waals surface area contributed by atoms with Gasteiger partial charge in [-0.2, -0.15) is 0 Å².